The topological polar surface area (TPSA) is 66.9 Å². The standard InChI is InChI=1S/C16H19ClN4O/c1-9(2)16(22)19-14-6-5-13(20-21-14)18-15-11(4)7-10(3)8-12(15)17/h5-9H,1-4H3,(H,18,20)(H,19,21,22). The summed E-state index contributed by atoms with van der Waals surface area (Å²) in [5, 5.41) is 14.5. The molecule has 0 saturated carbocycles. The molecule has 1 heterocycles. The van der Waals surface area contributed by atoms with Gasteiger partial charge in [-0.25, -0.2) is 0 Å². The number of halogens is 1. The molecular formula is C16H19ClN4O. The first-order valence-corrected chi connectivity index (χ1v) is 7.43. The lowest BCUT2D eigenvalue weighted by Gasteiger charge is -2.12. The lowest BCUT2D eigenvalue weighted by Crippen LogP contribution is -2.18. The highest BCUT2D eigenvalue weighted by atomic mass is 35.5. The van der Waals surface area contributed by atoms with Gasteiger partial charge in [-0.05, 0) is 43.2 Å². The summed E-state index contributed by atoms with van der Waals surface area (Å²) < 4.78 is 0. The van der Waals surface area contributed by atoms with E-state index in [9.17, 15) is 4.79 Å². The second-order valence-electron chi connectivity index (χ2n) is 5.51. The van der Waals surface area contributed by atoms with Gasteiger partial charge in [-0.3, -0.25) is 4.79 Å². The van der Waals surface area contributed by atoms with Crippen LogP contribution in [0.2, 0.25) is 5.02 Å². The highest BCUT2D eigenvalue weighted by molar-refractivity contribution is 6.33. The van der Waals surface area contributed by atoms with Crippen molar-refractivity contribution in [3.8, 4) is 0 Å². The molecule has 2 aromatic rings. The molecular weight excluding hydrogens is 300 g/mol. The molecule has 0 aliphatic heterocycles. The molecule has 22 heavy (non-hydrogen) atoms. The molecule has 2 N–H and O–H groups in total. The van der Waals surface area contributed by atoms with Gasteiger partial charge in [0.2, 0.25) is 5.91 Å². The molecule has 1 amide bonds. The monoisotopic (exact) mass is 318 g/mol. The molecule has 1 aromatic heterocycles. The van der Waals surface area contributed by atoms with E-state index in [2.05, 4.69) is 20.8 Å². The van der Waals surface area contributed by atoms with Gasteiger partial charge in [0.15, 0.2) is 11.6 Å². The van der Waals surface area contributed by atoms with Crippen molar-refractivity contribution in [2.24, 2.45) is 5.92 Å². The number of aromatic nitrogens is 2. The minimum atomic E-state index is -0.103. The fourth-order valence-electron chi connectivity index (χ4n) is 1.94. The van der Waals surface area contributed by atoms with E-state index in [1.807, 2.05) is 39.8 Å². The molecule has 0 bridgehead atoms. The smallest absolute Gasteiger partial charge is 0.228 e. The number of anilines is 3. The van der Waals surface area contributed by atoms with E-state index >= 15 is 0 Å². The third kappa shape index (κ3) is 3.95. The maximum absolute atomic E-state index is 11.6. The van der Waals surface area contributed by atoms with Crippen LogP contribution in [-0.2, 0) is 4.79 Å². The minimum Gasteiger partial charge on any atom is -0.337 e. The van der Waals surface area contributed by atoms with Crippen LogP contribution < -0.4 is 10.6 Å². The van der Waals surface area contributed by atoms with Crippen LogP contribution in [0.25, 0.3) is 0 Å². The van der Waals surface area contributed by atoms with Crippen LogP contribution in [0.15, 0.2) is 24.3 Å². The largest absolute Gasteiger partial charge is 0.337 e. The molecule has 0 aliphatic rings. The summed E-state index contributed by atoms with van der Waals surface area (Å²) in [5.41, 5.74) is 2.94. The van der Waals surface area contributed by atoms with Crippen molar-refractivity contribution in [3.05, 3.63) is 40.4 Å². The van der Waals surface area contributed by atoms with Gasteiger partial charge in [-0.1, -0.05) is 31.5 Å². The van der Waals surface area contributed by atoms with E-state index in [1.165, 1.54) is 0 Å². The molecule has 2 rings (SSSR count). The third-order valence-corrected chi connectivity index (χ3v) is 3.42. The summed E-state index contributed by atoms with van der Waals surface area (Å²) >= 11 is 6.25. The van der Waals surface area contributed by atoms with Crippen LogP contribution in [0.4, 0.5) is 17.3 Å². The summed E-state index contributed by atoms with van der Waals surface area (Å²) in [6.45, 7) is 7.61. The third-order valence-electron chi connectivity index (χ3n) is 3.12. The molecule has 0 saturated heterocycles. The van der Waals surface area contributed by atoms with Crippen molar-refractivity contribution in [3.63, 3.8) is 0 Å². The molecule has 0 spiro atoms. The van der Waals surface area contributed by atoms with Crippen molar-refractivity contribution >= 4 is 34.8 Å². The van der Waals surface area contributed by atoms with E-state index in [4.69, 9.17) is 11.6 Å². The maximum Gasteiger partial charge on any atom is 0.228 e. The van der Waals surface area contributed by atoms with E-state index in [-0.39, 0.29) is 11.8 Å². The van der Waals surface area contributed by atoms with Gasteiger partial charge < -0.3 is 10.6 Å². The van der Waals surface area contributed by atoms with Gasteiger partial charge in [0.05, 0.1) is 10.7 Å². The number of amides is 1. The Balaban J connectivity index is 2.14. The van der Waals surface area contributed by atoms with Gasteiger partial charge in [0, 0.05) is 5.92 Å². The second kappa shape index (κ2) is 6.75. The van der Waals surface area contributed by atoms with Crippen molar-refractivity contribution in [2.75, 3.05) is 10.6 Å². The number of nitrogens with one attached hydrogen (secondary N) is 2. The number of hydrogen-bond donors (Lipinski definition) is 2. The Hall–Kier alpha value is -2.14. The molecule has 0 unspecified atom stereocenters. The number of carbonyl (C=O) groups is 1. The number of carbonyl (C=O) groups excluding carboxylic acids is 1. The van der Waals surface area contributed by atoms with Gasteiger partial charge in [-0.15, -0.1) is 10.2 Å². The highest BCUT2D eigenvalue weighted by Gasteiger charge is 2.09. The lowest BCUT2D eigenvalue weighted by molar-refractivity contribution is -0.118. The van der Waals surface area contributed by atoms with E-state index in [0.717, 1.165) is 16.8 Å². The number of hydrogen-bond acceptors (Lipinski definition) is 4. The summed E-state index contributed by atoms with van der Waals surface area (Å²) in [4.78, 5) is 11.6. The van der Waals surface area contributed by atoms with Crippen LogP contribution in [0.5, 0.6) is 0 Å². The Morgan fingerprint density at radius 2 is 1.77 bits per heavy atom. The normalized spacial score (nSPS) is 10.6. The first-order chi connectivity index (χ1) is 10.4. The fourth-order valence-corrected chi connectivity index (χ4v) is 2.31. The zero-order chi connectivity index (χ0) is 16.3. The van der Waals surface area contributed by atoms with Crippen LogP contribution in [-0.4, -0.2) is 16.1 Å². The Kier molecular flexibility index (Phi) is 4.98. The Morgan fingerprint density at radius 3 is 2.32 bits per heavy atom. The Labute approximate surface area is 135 Å². The average molecular weight is 319 g/mol. The number of benzene rings is 1. The van der Waals surface area contributed by atoms with Crippen molar-refractivity contribution < 1.29 is 4.79 Å². The molecule has 116 valence electrons. The Bertz CT molecular complexity index is 660. The summed E-state index contributed by atoms with van der Waals surface area (Å²) in [6, 6.07) is 7.38. The quantitative estimate of drug-likeness (QED) is 0.891. The molecule has 0 fully saturated rings. The molecule has 0 aliphatic carbocycles. The predicted octanol–water partition coefficient (Wildman–Crippen LogP) is 4.08. The fraction of sp³-hybridized carbons (Fsp3) is 0.312. The summed E-state index contributed by atoms with van der Waals surface area (Å²) in [5.74, 6) is 0.799. The van der Waals surface area contributed by atoms with Crippen molar-refractivity contribution in [2.45, 2.75) is 27.7 Å². The van der Waals surface area contributed by atoms with Gasteiger partial charge in [0.1, 0.15) is 0 Å². The number of nitrogens with zero attached hydrogens (tertiary/aromatic N) is 2. The molecule has 1 aromatic carbocycles. The molecule has 0 radical (unpaired) electrons. The van der Waals surface area contributed by atoms with Crippen LogP contribution in [0.1, 0.15) is 25.0 Å². The van der Waals surface area contributed by atoms with Crippen LogP contribution >= 0.6 is 11.6 Å². The zero-order valence-electron chi connectivity index (χ0n) is 13.1. The minimum absolute atomic E-state index is 0.0903. The van der Waals surface area contributed by atoms with E-state index in [0.29, 0.717) is 16.7 Å². The van der Waals surface area contributed by atoms with Gasteiger partial charge >= 0.3 is 0 Å². The molecule has 5 nitrogen and oxygen atoms in total. The van der Waals surface area contributed by atoms with E-state index < -0.39 is 0 Å². The van der Waals surface area contributed by atoms with Crippen LogP contribution in [0, 0.1) is 19.8 Å². The highest BCUT2D eigenvalue weighted by Crippen LogP contribution is 2.29. The molecule has 0 atom stereocenters. The number of aryl methyl sites for hydroxylation is 2. The predicted molar refractivity (Wildman–Crippen MR) is 89.7 cm³/mol. The zero-order valence-corrected chi connectivity index (χ0v) is 13.8. The maximum atomic E-state index is 11.6. The average Bonchev–Trinajstić information content (AvgIpc) is 2.44. The van der Waals surface area contributed by atoms with Crippen molar-refractivity contribution in [1.29, 1.82) is 0 Å². The number of rotatable bonds is 4. The van der Waals surface area contributed by atoms with Crippen molar-refractivity contribution in [1.82, 2.24) is 10.2 Å². The van der Waals surface area contributed by atoms with Gasteiger partial charge in [0.25, 0.3) is 0 Å². The van der Waals surface area contributed by atoms with Gasteiger partial charge in [-0.2, -0.15) is 0 Å². The second-order valence-corrected chi connectivity index (χ2v) is 5.92. The summed E-state index contributed by atoms with van der Waals surface area (Å²) in [7, 11) is 0. The first-order valence-electron chi connectivity index (χ1n) is 7.05. The SMILES string of the molecule is Cc1cc(C)c(Nc2ccc(NC(=O)C(C)C)nn2)c(Cl)c1. The van der Waals surface area contributed by atoms with Crippen LogP contribution in [0.3, 0.4) is 0 Å². The summed E-state index contributed by atoms with van der Waals surface area (Å²) in [6.07, 6.45) is 0. The Morgan fingerprint density at radius 1 is 1.14 bits per heavy atom. The first kappa shape index (κ1) is 16.2. The lowest BCUT2D eigenvalue weighted by atomic mass is 10.1. The molecule has 6 heteroatoms. The van der Waals surface area contributed by atoms with E-state index in [1.54, 1.807) is 12.1 Å².